The van der Waals surface area contributed by atoms with Crippen molar-refractivity contribution < 1.29 is 9.53 Å². The molecule has 1 rings (SSSR count). The summed E-state index contributed by atoms with van der Waals surface area (Å²) in [5, 5.41) is 2.98. The molecule has 0 fully saturated rings. The molecule has 4 nitrogen and oxygen atoms in total. The zero-order chi connectivity index (χ0) is 14.8. The first kappa shape index (κ1) is 16.2. The van der Waals surface area contributed by atoms with E-state index in [0.29, 0.717) is 18.7 Å². The lowest BCUT2D eigenvalue weighted by Gasteiger charge is -2.17. The van der Waals surface area contributed by atoms with Crippen molar-refractivity contribution in [1.29, 1.82) is 0 Å². The first-order chi connectivity index (χ1) is 9.71. The van der Waals surface area contributed by atoms with Crippen LogP contribution in [0.1, 0.15) is 35.7 Å². The van der Waals surface area contributed by atoms with E-state index in [1.165, 1.54) is 0 Å². The summed E-state index contributed by atoms with van der Waals surface area (Å²) in [4.78, 5) is 12.2. The highest BCUT2D eigenvalue weighted by molar-refractivity contribution is 5.94. The number of hydrogen-bond acceptors (Lipinski definition) is 3. The number of hydrogen-bond donors (Lipinski definition) is 2. The third kappa shape index (κ3) is 5.43. The van der Waals surface area contributed by atoms with Crippen molar-refractivity contribution in [1.82, 2.24) is 5.32 Å². The number of rotatable bonds is 6. The maximum atomic E-state index is 12.2. The van der Waals surface area contributed by atoms with Crippen LogP contribution in [-0.2, 0) is 4.74 Å². The van der Waals surface area contributed by atoms with E-state index in [1.807, 2.05) is 12.1 Å². The zero-order valence-electron chi connectivity index (χ0n) is 12.1. The quantitative estimate of drug-likeness (QED) is 0.773. The monoisotopic (exact) mass is 274 g/mol. The number of nitrogens with two attached hydrogens (primary N) is 1. The molecule has 4 heteroatoms. The van der Waals surface area contributed by atoms with Crippen molar-refractivity contribution >= 4 is 5.91 Å². The van der Waals surface area contributed by atoms with Crippen molar-refractivity contribution in [3.05, 3.63) is 35.4 Å². The molecule has 0 aromatic heterocycles. The summed E-state index contributed by atoms with van der Waals surface area (Å²) in [6.07, 6.45) is 1.89. The molecule has 0 radical (unpaired) electrons. The van der Waals surface area contributed by atoms with Gasteiger partial charge in [0.1, 0.15) is 0 Å². The lowest BCUT2D eigenvalue weighted by molar-refractivity contribution is 0.0891. The van der Waals surface area contributed by atoms with Crippen LogP contribution in [0.25, 0.3) is 0 Å². The summed E-state index contributed by atoms with van der Waals surface area (Å²) < 4.78 is 5.12. The molecule has 108 valence electrons. The predicted octanol–water partition coefficient (Wildman–Crippen LogP) is 1.54. The van der Waals surface area contributed by atoms with Gasteiger partial charge in [0.2, 0.25) is 0 Å². The number of carbonyl (C=O) groups is 1. The van der Waals surface area contributed by atoms with E-state index in [2.05, 4.69) is 24.1 Å². The van der Waals surface area contributed by atoms with Gasteiger partial charge in [-0.1, -0.05) is 31.3 Å². The Morgan fingerprint density at radius 3 is 2.95 bits per heavy atom. The molecule has 0 aliphatic heterocycles. The third-order valence-electron chi connectivity index (χ3n) is 2.80. The Hall–Kier alpha value is -1.83. The predicted molar refractivity (Wildman–Crippen MR) is 80.4 cm³/mol. The fourth-order valence-corrected chi connectivity index (χ4v) is 1.91. The molecule has 1 unspecified atom stereocenters. The van der Waals surface area contributed by atoms with Crippen molar-refractivity contribution in [2.75, 3.05) is 20.3 Å². The molecular formula is C16H22N2O2. The van der Waals surface area contributed by atoms with Crippen LogP contribution in [-0.4, -0.2) is 32.2 Å². The fourth-order valence-electron chi connectivity index (χ4n) is 1.91. The van der Waals surface area contributed by atoms with Crippen molar-refractivity contribution in [2.24, 2.45) is 5.73 Å². The van der Waals surface area contributed by atoms with Crippen LogP contribution in [0.2, 0.25) is 0 Å². The lowest BCUT2D eigenvalue weighted by Crippen LogP contribution is -2.37. The molecule has 0 saturated carbocycles. The summed E-state index contributed by atoms with van der Waals surface area (Å²) >= 11 is 0. The van der Waals surface area contributed by atoms with E-state index in [9.17, 15) is 4.79 Å². The van der Waals surface area contributed by atoms with E-state index >= 15 is 0 Å². The highest BCUT2D eigenvalue weighted by Crippen LogP contribution is 2.06. The molecule has 0 saturated heterocycles. The average Bonchev–Trinajstić information content (AvgIpc) is 2.46. The van der Waals surface area contributed by atoms with Gasteiger partial charge in [0.25, 0.3) is 5.91 Å². The SMILES string of the molecule is CCCC(COC)NC(=O)c1cccc(C#CCN)c1. The van der Waals surface area contributed by atoms with Gasteiger partial charge in [0.15, 0.2) is 0 Å². The minimum atomic E-state index is -0.100. The summed E-state index contributed by atoms with van der Waals surface area (Å²) in [5.74, 6) is 5.60. The van der Waals surface area contributed by atoms with Crippen molar-refractivity contribution in [3.63, 3.8) is 0 Å². The van der Waals surface area contributed by atoms with Crippen LogP contribution in [0.3, 0.4) is 0 Å². The molecule has 20 heavy (non-hydrogen) atoms. The molecule has 1 amide bonds. The van der Waals surface area contributed by atoms with E-state index in [-0.39, 0.29) is 11.9 Å². The number of ether oxygens (including phenoxy) is 1. The molecule has 0 aliphatic carbocycles. The molecule has 3 N–H and O–H groups in total. The average molecular weight is 274 g/mol. The second-order valence-corrected chi connectivity index (χ2v) is 4.50. The summed E-state index contributed by atoms with van der Waals surface area (Å²) in [6.45, 7) is 2.91. The van der Waals surface area contributed by atoms with Gasteiger partial charge in [0, 0.05) is 18.2 Å². The second-order valence-electron chi connectivity index (χ2n) is 4.50. The van der Waals surface area contributed by atoms with Crippen LogP contribution in [0, 0.1) is 11.8 Å². The van der Waals surface area contributed by atoms with E-state index in [0.717, 1.165) is 18.4 Å². The van der Waals surface area contributed by atoms with E-state index < -0.39 is 0 Å². The fraction of sp³-hybridized carbons (Fsp3) is 0.438. The number of methoxy groups -OCH3 is 1. The minimum absolute atomic E-state index is 0.0382. The van der Waals surface area contributed by atoms with Gasteiger partial charge in [-0.2, -0.15) is 0 Å². The van der Waals surface area contributed by atoms with Crippen molar-refractivity contribution in [3.8, 4) is 11.8 Å². The first-order valence-electron chi connectivity index (χ1n) is 6.80. The lowest BCUT2D eigenvalue weighted by atomic mass is 10.1. The Morgan fingerprint density at radius 2 is 2.30 bits per heavy atom. The normalized spacial score (nSPS) is 11.3. The van der Waals surface area contributed by atoms with Gasteiger partial charge >= 0.3 is 0 Å². The topological polar surface area (TPSA) is 64.3 Å². The standard InChI is InChI=1S/C16H22N2O2/c1-3-6-15(12-20-2)18-16(19)14-9-4-7-13(11-14)8-5-10-17/h4,7,9,11,15H,3,6,10,12,17H2,1-2H3,(H,18,19). The van der Waals surface area contributed by atoms with Gasteiger partial charge in [0.05, 0.1) is 19.2 Å². The molecule has 1 aromatic rings. The highest BCUT2D eigenvalue weighted by atomic mass is 16.5. The van der Waals surface area contributed by atoms with Gasteiger partial charge in [-0.3, -0.25) is 4.79 Å². The van der Waals surface area contributed by atoms with Crippen LogP contribution in [0.5, 0.6) is 0 Å². The molecule has 0 spiro atoms. The molecule has 0 aliphatic rings. The minimum Gasteiger partial charge on any atom is -0.383 e. The Kier molecular flexibility index (Phi) is 7.41. The first-order valence-corrected chi connectivity index (χ1v) is 6.80. The largest absolute Gasteiger partial charge is 0.383 e. The Morgan fingerprint density at radius 1 is 1.50 bits per heavy atom. The van der Waals surface area contributed by atoms with Gasteiger partial charge in [-0.15, -0.1) is 0 Å². The summed E-state index contributed by atoms with van der Waals surface area (Å²) in [5.41, 5.74) is 6.74. The molecule has 0 heterocycles. The van der Waals surface area contributed by atoms with Crippen LogP contribution < -0.4 is 11.1 Å². The van der Waals surface area contributed by atoms with E-state index in [4.69, 9.17) is 10.5 Å². The summed E-state index contributed by atoms with van der Waals surface area (Å²) in [7, 11) is 1.64. The van der Waals surface area contributed by atoms with Gasteiger partial charge < -0.3 is 15.8 Å². The highest BCUT2D eigenvalue weighted by Gasteiger charge is 2.12. The zero-order valence-corrected chi connectivity index (χ0v) is 12.1. The van der Waals surface area contributed by atoms with Crippen molar-refractivity contribution in [2.45, 2.75) is 25.8 Å². The number of benzene rings is 1. The third-order valence-corrected chi connectivity index (χ3v) is 2.80. The van der Waals surface area contributed by atoms with E-state index in [1.54, 1.807) is 19.2 Å². The maximum Gasteiger partial charge on any atom is 0.251 e. The molecular weight excluding hydrogens is 252 g/mol. The molecule has 0 bridgehead atoms. The smallest absolute Gasteiger partial charge is 0.251 e. The van der Waals surface area contributed by atoms with Crippen LogP contribution >= 0.6 is 0 Å². The molecule has 1 aromatic carbocycles. The Bertz CT molecular complexity index is 483. The number of amides is 1. The second kappa shape index (κ2) is 9.13. The van der Waals surface area contributed by atoms with Gasteiger partial charge in [-0.05, 0) is 24.6 Å². The number of carbonyl (C=O) groups excluding carboxylic acids is 1. The Balaban J connectivity index is 2.75. The maximum absolute atomic E-state index is 12.2. The Labute approximate surface area is 120 Å². The number of nitrogens with one attached hydrogen (secondary N) is 1. The van der Waals surface area contributed by atoms with Crippen LogP contribution in [0.15, 0.2) is 24.3 Å². The van der Waals surface area contributed by atoms with Crippen LogP contribution in [0.4, 0.5) is 0 Å². The summed E-state index contributed by atoms with van der Waals surface area (Å²) in [6, 6.07) is 7.27. The van der Waals surface area contributed by atoms with Gasteiger partial charge in [-0.25, -0.2) is 0 Å². The molecule has 1 atom stereocenters.